The highest BCUT2D eigenvalue weighted by molar-refractivity contribution is 5.92. The van der Waals surface area contributed by atoms with Crippen LogP contribution in [0.1, 0.15) is 33.6 Å². The van der Waals surface area contributed by atoms with Crippen molar-refractivity contribution in [1.29, 1.82) is 0 Å². The van der Waals surface area contributed by atoms with Crippen molar-refractivity contribution in [3.05, 3.63) is 0 Å². The summed E-state index contributed by atoms with van der Waals surface area (Å²) in [7, 11) is 0. The number of carboxylic acids is 2. The van der Waals surface area contributed by atoms with Gasteiger partial charge in [0.25, 0.3) is 0 Å². The smallest absolute Gasteiger partial charge is 0.317 e. The molecule has 17 heavy (non-hydrogen) atoms. The standard InChI is InChI=1S/C12H23NO4/c1-4-13(5-2)8-9(3)6-7-10(11(14)15)12(16)17/h9-10H,4-8H2,1-3H3,(H,14,15)(H,16,17). The van der Waals surface area contributed by atoms with Gasteiger partial charge in [-0.2, -0.15) is 0 Å². The molecule has 0 amide bonds. The number of hydrogen-bond acceptors (Lipinski definition) is 3. The summed E-state index contributed by atoms with van der Waals surface area (Å²) in [5.74, 6) is -3.44. The summed E-state index contributed by atoms with van der Waals surface area (Å²) in [6.45, 7) is 8.99. The average Bonchev–Trinajstić information content (AvgIpc) is 2.25. The highest BCUT2D eigenvalue weighted by atomic mass is 16.4. The number of hydrogen-bond donors (Lipinski definition) is 2. The number of aliphatic carboxylic acids is 2. The summed E-state index contributed by atoms with van der Waals surface area (Å²) in [5.41, 5.74) is 0. The molecule has 0 saturated heterocycles. The van der Waals surface area contributed by atoms with E-state index in [9.17, 15) is 9.59 Å². The van der Waals surface area contributed by atoms with Gasteiger partial charge in [-0.1, -0.05) is 20.8 Å². The lowest BCUT2D eigenvalue weighted by Crippen LogP contribution is -2.29. The highest BCUT2D eigenvalue weighted by Gasteiger charge is 2.25. The summed E-state index contributed by atoms with van der Waals surface area (Å²) >= 11 is 0. The zero-order chi connectivity index (χ0) is 13.4. The zero-order valence-electron chi connectivity index (χ0n) is 10.8. The zero-order valence-corrected chi connectivity index (χ0v) is 10.8. The van der Waals surface area contributed by atoms with Gasteiger partial charge in [-0.25, -0.2) is 0 Å². The molecule has 0 spiro atoms. The Morgan fingerprint density at radius 2 is 1.53 bits per heavy atom. The van der Waals surface area contributed by atoms with Crippen LogP contribution in [-0.2, 0) is 9.59 Å². The van der Waals surface area contributed by atoms with E-state index in [1.54, 1.807) is 0 Å². The quantitative estimate of drug-likeness (QED) is 0.602. The van der Waals surface area contributed by atoms with Crippen molar-refractivity contribution in [3.8, 4) is 0 Å². The van der Waals surface area contributed by atoms with Crippen LogP contribution in [0.3, 0.4) is 0 Å². The number of carbonyl (C=O) groups is 2. The Morgan fingerprint density at radius 3 is 1.88 bits per heavy atom. The van der Waals surface area contributed by atoms with Crippen LogP contribution >= 0.6 is 0 Å². The lowest BCUT2D eigenvalue weighted by Gasteiger charge is -2.23. The van der Waals surface area contributed by atoms with Crippen LogP contribution in [-0.4, -0.2) is 46.7 Å². The predicted molar refractivity (Wildman–Crippen MR) is 64.9 cm³/mol. The summed E-state index contributed by atoms with van der Waals surface area (Å²) < 4.78 is 0. The first-order valence-electron chi connectivity index (χ1n) is 6.10. The van der Waals surface area contributed by atoms with E-state index in [1.807, 2.05) is 6.92 Å². The molecule has 0 saturated carbocycles. The second kappa shape index (κ2) is 8.06. The van der Waals surface area contributed by atoms with Gasteiger partial charge in [0.1, 0.15) is 0 Å². The fourth-order valence-electron chi connectivity index (χ4n) is 1.82. The molecule has 0 aliphatic rings. The van der Waals surface area contributed by atoms with Crippen molar-refractivity contribution in [3.63, 3.8) is 0 Å². The molecule has 0 radical (unpaired) electrons. The normalized spacial score (nSPS) is 13.0. The second-order valence-electron chi connectivity index (χ2n) is 4.40. The van der Waals surface area contributed by atoms with Crippen LogP contribution in [0.15, 0.2) is 0 Å². The van der Waals surface area contributed by atoms with Gasteiger partial charge in [-0.3, -0.25) is 9.59 Å². The number of rotatable bonds is 9. The molecule has 1 atom stereocenters. The van der Waals surface area contributed by atoms with Gasteiger partial charge in [0.15, 0.2) is 5.92 Å². The Morgan fingerprint density at radius 1 is 1.06 bits per heavy atom. The molecule has 5 heteroatoms. The van der Waals surface area contributed by atoms with E-state index in [2.05, 4.69) is 18.7 Å². The fraction of sp³-hybridized carbons (Fsp3) is 0.833. The van der Waals surface area contributed by atoms with Crippen molar-refractivity contribution in [1.82, 2.24) is 4.90 Å². The predicted octanol–water partition coefficient (Wildman–Crippen LogP) is 1.53. The molecule has 2 N–H and O–H groups in total. The Kier molecular flexibility index (Phi) is 7.54. The van der Waals surface area contributed by atoms with Gasteiger partial charge in [0.05, 0.1) is 0 Å². The van der Waals surface area contributed by atoms with Gasteiger partial charge >= 0.3 is 11.9 Å². The molecule has 0 aromatic rings. The molecule has 1 unspecified atom stereocenters. The molecule has 0 rings (SSSR count). The van der Waals surface area contributed by atoms with Gasteiger partial charge < -0.3 is 15.1 Å². The van der Waals surface area contributed by atoms with Crippen LogP contribution in [0.5, 0.6) is 0 Å². The van der Waals surface area contributed by atoms with Crippen LogP contribution in [0, 0.1) is 11.8 Å². The Labute approximate surface area is 102 Å². The Balaban J connectivity index is 4.08. The first-order valence-corrected chi connectivity index (χ1v) is 6.10. The van der Waals surface area contributed by atoms with Crippen molar-refractivity contribution in [2.75, 3.05) is 19.6 Å². The fourth-order valence-corrected chi connectivity index (χ4v) is 1.82. The van der Waals surface area contributed by atoms with Crippen LogP contribution in [0.4, 0.5) is 0 Å². The van der Waals surface area contributed by atoms with E-state index in [0.717, 1.165) is 19.6 Å². The SMILES string of the molecule is CCN(CC)CC(C)CCC(C(=O)O)C(=O)O. The van der Waals surface area contributed by atoms with Crippen LogP contribution in [0.25, 0.3) is 0 Å². The summed E-state index contributed by atoms with van der Waals surface area (Å²) in [5, 5.41) is 17.5. The van der Waals surface area contributed by atoms with Crippen molar-refractivity contribution in [2.45, 2.75) is 33.6 Å². The van der Waals surface area contributed by atoms with E-state index in [0.29, 0.717) is 12.3 Å². The van der Waals surface area contributed by atoms with E-state index in [4.69, 9.17) is 10.2 Å². The minimum absolute atomic E-state index is 0.201. The van der Waals surface area contributed by atoms with Gasteiger partial charge in [0.2, 0.25) is 0 Å². The molecule has 0 aliphatic heterocycles. The van der Waals surface area contributed by atoms with E-state index >= 15 is 0 Å². The lowest BCUT2D eigenvalue weighted by atomic mass is 9.96. The minimum atomic E-state index is -1.27. The molecule has 100 valence electrons. The molecule has 0 aromatic carbocycles. The summed E-state index contributed by atoms with van der Waals surface area (Å²) in [4.78, 5) is 23.6. The topological polar surface area (TPSA) is 77.8 Å². The number of carboxylic acid groups (broad SMARTS) is 2. The van der Waals surface area contributed by atoms with Crippen LogP contribution in [0.2, 0.25) is 0 Å². The molecule has 0 heterocycles. The highest BCUT2D eigenvalue weighted by Crippen LogP contribution is 2.14. The van der Waals surface area contributed by atoms with Gasteiger partial charge in [-0.05, 0) is 31.8 Å². The molecule has 0 fully saturated rings. The monoisotopic (exact) mass is 245 g/mol. The first kappa shape index (κ1) is 15.9. The summed E-state index contributed by atoms with van der Waals surface area (Å²) in [6, 6.07) is 0. The first-order chi connectivity index (χ1) is 7.92. The average molecular weight is 245 g/mol. The summed E-state index contributed by atoms with van der Waals surface area (Å²) in [6.07, 6.45) is 0.826. The molecular weight excluding hydrogens is 222 g/mol. The molecule has 5 nitrogen and oxygen atoms in total. The largest absolute Gasteiger partial charge is 0.481 e. The van der Waals surface area contributed by atoms with E-state index < -0.39 is 17.9 Å². The van der Waals surface area contributed by atoms with Gasteiger partial charge in [-0.15, -0.1) is 0 Å². The van der Waals surface area contributed by atoms with Crippen molar-refractivity contribution >= 4 is 11.9 Å². The lowest BCUT2D eigenvalue weighted by molar-refractivity contribution is -0.154. The molecular formula is C12H23NO4. The molecule has 0 aromatic heterocycles. The van der Waals surface area contributed by atoms with Crippen molar-refractivity contribution in [2.24, 2.45) is 11.8 Å². The van der Waals surface area contributed by atoms with E-state index in [-0.39, 0.29) is 6.42 Å². The maximum atomic E-state index is 10.7. The third-order valence-electron chi connectivity index (χ3n) is 3.01. The third-order valence-corrected chi connectivity index (χ3v) is 3.01. The molecule has 0 aliphatic carbocycles. The Hall–Kier alpha value is -1.10. The Bertz CT molecular complexity index is 237. The third kappa shape index (κ3) is 6.26. The number of nitrogens with zero attached hydrogens (tertiary/aromatic N) is 1. The van der Waals surface area contributed by atoms with E-state index in [1.165, 1.54) is 0 Å². The maximum absolute atomic E-state index is 10.7. The maximum Gasteiger partial charge on any atom is 0.317 e. The minimum Gasteiger partial charge on any atom is -0.481 e. The van der Waals surface area contributed by atoms with Gasteiger partial charge in [0, 0.05) is 6.54 Å². The second-order valence-corrected chi connectivity index (χ2v) is 4.40. The van der Waals surface area contributed by atoms with Crippen LogP contribution < -0.4 is 0 Å². The molecule has 0 bridgehead atoms. The van der Waals surface area contributed by atoms with Crippen molar-refractivity contribution < 1.29 is 19.8 Å².